The molecule has 0 aliphatic carbocycles. The summed E-state index contributed by atoms with van der Waals surface area (Å²) in [5.41, 5.74) is 2.94. The zero-order valence-corrected chi connectivity index (χ0v) is 13.4. The Bertz CT molecular complexity index is 626. The van der Waals surface area contributed by atoms with Crippen molar-refractivity contribution in [2.45, 2.75) is 45.3 Å². The van der Waals surface area contributed by atoms with E-state index in [4.69, 9.17) is 9.63 Å². The minimum atomic E-state index is -0.849. The van der Waals surface area contributed by atoms with E-state index in [1.54, 1.807) is 0 Å². The van der Waals surface area contributed by atoms with Crippen LogP contribution in [-0.4, -0.2) is 31.5 Å². The van der Waals surface area contributed by atoms with Crippen LogP contribution in [0.15, 0.2) is 15.9 Å². The van der Waals surface area contributed by atoms with Crippen LogP contribution in [0, 0.1) is 13.8 Å². The standard InChI is InChI=1S/C14H19N3O3S/c1-8(2)12-5-15-14(21-7-13(18)19)17(12)6-11-9(3)16-20-10(11)4/h5,8H,6-7H2,1-4H3,(H,18,19). The van der Waals surface area contributed by atoms with Gasteiger partial charge < -0.3 is 14.2 Å². The predicted octanol–water partition coefficient (Wildman–Crippen LogP) is 2.84. The van der Waals surface area contributed by atoms with Gasteiger partial charge in [0.05, 0.1) is 18.0 Å². The molecule has 0 spiro atoms. The van der Waals surface area contributed by atoms with E-state index in [0.717, 1.165) is 22.7 Å². The van der Waals surface area contributed by atoms with E-state index in [1.165, 1.54) is 11.8 Å². The van der Waals surface area contributed by atoms with Crippen molar-refractivity contribution in [1.82, 2.24) is 14.7 Å². The normalized spacial score (nSPS) is 11.3. The number of aromatic nitrogens is 3. The summed E-state index contributed by atoms with van der Waals surface area (Å²) in [4.78, 5) is 15.1. The second-order valence-corrected chi connectivity index (χ2v) is 6.13. The molecule has 0 radical (unpaired) electrons. The lowest BCUT2D eigenvalue weighted by Crippen LogP contribution is -2.09. The molecule has 0 aliphatic heterocycles. The van der Waals surface area contributed by atoms with Gasteiger partial charge in [0, 0.05) is 17.5 Å². The van der Waals surface area contributed by atoms with Crippen LogP contribution in [-0.2, 0) is 11.3 Å². The van der Waals surface area contributed by atoms with Crippen molar-refractivity contribution in [3.8, 4) is 0 Å². The highest BCUT2D eigenvalue weighted by Gasteiger charge is 2.18. The minimum absolute atomic E-state index is 0.00382. The lowest BCUT2D eigenvalue weighted by molar-refractivity contribution is -0.133. The van der Waals surface area contributed by atoms with E-state index in [2.05, 4.69) is 24.0 Å². The van der Waals surface area contributed by atoms with Gasteiger partial charge in [-0.2, -0.15) is 0 Å². The third kappa shape index (κ3) is 3.47. The number of aliphatic carboxylic acids is 1. The number of imidazole rings is 1. The number of carboxylic acids is 1. The molecule has 2 aromatic rings. The van der Waals surface area contributed by atoms with Crippen molar-refractivity contribution in [3.63, 3.8) is 0 Å². The number of carboxylic acid groups (broad SMARTS) is 1. The second-order valence-electron chi connectivity index (χ2n) is 5.19. The molecule has 0 amide bonds. The molecule has 0 aromatic carbocycles. The van der Waals surface area contributed by atoms with Crippen molar-refractivity contribution in [2.24, 2.45) is 0 Å². The molecule has 7 heteroatoms. The highest BCUT2D eigenvalue weighted by atomic mass is 32.2. The van der Waals surface area contributed by atoms with Crippen LogP contribution in [0.2, 0.25) is 0 Å². The average molecular weight is 309 g/mol. The summed E-state index contributed by atoms with van der Waals surface area (Å²) in [6.07, 6.45) is 1.81. The Morgan fingerprint density at radius 1 is 1.48 bits per heavy atom. The van der Waals surface area contributed by atoms with Gasteiger partial charge in [-0.15, -0.1) is 0 Å². The van der Waals surface area contributed by atoms with Crippen molar-refractivity contribution < 1.29 is 14.4 Å². The summed E-state index contributed by atoms with van der Waals surface area (Å²) in [6.45, 7) is 8.56. The Morgan fingerprint density at radius 2 is 2.19 bits per heavy atom. The predicted molar refractivity (Wildman–Crippen MR) is 79.8 cm³/mol. The molecule has 0 bridgehead atoms. The molecule has 0 atom stereocenters. The summed E-state index contributed by atoms with van der Waals surface area (Å²) >= 11 is 1.23. The number of thioether (sulfide) groups is 1. The molecule has 2 aromatic heterocycles. The van der Waals surface area contributed by atoms with Crippen molar-refractivity contribution in [2.75, 3.05) is 5.75 Å². The quantitative estimate of drug-likeness (QED) is 0.826. The van der Waals surface area contributed by atoms with Gasteiger partial charge in [-0.3, -0.25) is 4.79 Å². The smallest absolute Gasteiger partial charge is 0.313 e. The fourth-order valence-corrected chi connectivity index (χ4v) is 2.82. The third-order valence-electron chi connectivity index (χ3n) is 3.26. The molecular weight excluding hydrogens is 290 g/mol. The lowest BCUT2D eigenvalue weighted by atomic mass is 10.1. The molecule has 0 aliphatic rings. The fraction of sp³-hybridized carbons (Fsp3) is 0.500. The largest absolute Gasteiger partial charge is 0.481 e. The molecular formula is C14H19N3O3S. The highest BCUT2D eigenvalue weighted by molar-refractivity contribution is 7.99. The summed E-state index contributed by atoms with van der Waals surface area (Å²) in [5.74, 6) is 0.233. The third-order valence-corrected chi connectivity index (χ3v) is 4.24. The fourth-order valence-electron chi connectivity index (χ4n) is 2.12. The van der Waals surface area contributed by atoms with Gasteiger partial charge in [0.2, 0.25) is 0 Å². The van der Waals surface area contributed by atoms with Gasteiger partial charge in [-0.25, -0.2) is 4.98 Å². The van der Waals surface area contributed by atoms with Crippen LogP contribution >= 0.6 is 11.8 Å². The van der Waals surface area contributed by atoms with Crippen LogP contribution in [0.3, 0.4) is 0 Å². The number of hydrogen-bond donors (Lipinski definition) is 1. The SMILES string of the molecule is Cc1noc(C)c1Cn1c(C(C)C)cnc1SCC(=O)O. The molecule has 0 saturated carbocycles. The highest BCUT2D eigenvalue weighted by Crippen LogP contribution is 2.26. The minimum Gasteiger partial charge on any atom is -0.481 e. The van der Waals surface area contributed by atoms with Crippen molar-refractivity contribution in [3.05, 3.63) is 28.9 Å². The molecule has 114 valence electrons. The first-order valence-corrected chi connectivity index (χ1v) is 7.70. The number of nitrogens with zero attached hydrogens (tertiary/aromatic N) is 3. The number of aryl methyl sites for hydroxylation is 2. The van der Waals surface area contributed by atoms with Crippen molar-refractivity contribution >= 4 is 17.7 Å². The first kappa shape index (κ1) is 15.6. The van der Waals surface area contributed by atoms with E-state index in [0.29, 0.717) is 17.6 Å². The molecule has 2 rings (SSSR count). The molecule has 2 heterocycles. The molecule has 6 nitrogen and oxygen atoms in total. The van der Waals surface area contributed by atoms with Gasteiger partial charge >= 0.3 is 5.97 Å². The van der Waals surface area contributed by atoms with Crippen LogP contribution < -0.4 is 0 Å². The van der Waals surface area contributed by atoms with Crippen molar-refractivity contribution in [1.29, 1.82) is 0 Å². The maximum atomic E-state index is 10.8. The Kier molecular flexibility index (Phi) is 4.72. The van der Waals surface area contributed by atoms with Gasteiger partial charge in [0.15, 0.2) is 5.16 Å². The molecule has 21 heavy (non-hydrogen) atoms. The number of carbonyl (C=O) groups is 1. The second kappa shape index (κ2) is 6.34. The van der Waals surface area contributed by atoms with E-state index in [-0.39, 0.29) is 5.75 Å². The summed E-state index contributed by atoms with van der Waals surface area (Å²) in [6, 6.07) is 0. The van der Waals surface area contributed by atoms with Gasteiger partial charge in [-0.05, 0) is 19.8 Å². The van der Waals surface area contributed by atoms with Gasteiger partial charge in [-0.1, -0.05) is 30.8 Å². The van der Waals surface area contributed by atoms with E-state index in [1.807, 2.05) is 24.6 Å². The zero-order chi connectivity index (χ0) is 15.6. The van der Waals surface area contributed by atoms with E-state index in [9.17, 15) is 4.79 Å². The topological polar surface area (TPSA) is 81.2 Å². The first-order valence-electron chi connectivity index (χ1n) is 6.72. The van der Waals surface area contributed by atoms with Crippen LogP contribution in [0.4, 0.5) is 0 Å². The summed E-state index contributed by atoms with van der Waals surface area (Å²) < 4.78 is 7.24. The maximum absolute atomic E-state index is 10.8. The van der Waals surface area contributed by atoms with Gasteiger partial charge in [0.1, 0.15) is 5.76 Å². The Labute approximate surface area is 127 Å². The van der Waals surface area contributed by atoms with E-state index < -0.39 is 5.97 Å². The monoisotopic (exact) mass is 309 g/mol. The summed E-state index contributed by atoms with van der Waals surface area (Å²) in [7, 11) is 0. The van der Waals surface area contributed by atoms with Gasteiger partial charge in [0.25, 0.3) is 0 Å². The maximum Gasteiger partial charge on any atom is 0.313 e. The first-order chi connectivity index (χ1) is 9.90. The number of hydrogen-bond acceptors (Lipinski definition) is 5. The Hall–Kier alpha value is -1.76. The lowest BCUT2D eigenvalue weighted by Gasteiger charge is -2.13. The molecule has 1 N–H and O–H groups in total. The van der Waals surface area contributed by atoms with E-state index >= 15 is 0 Å². The van der Waals surface area contributed by atoms with Crippen LogP contribution in [0.25, 0.3) is 0 Å². The van der Waals surface area contributed by atoms with Crippen LogP contribution in [0.5, 0.6) is 0 Å². The van der Waals surface area contributed by atoms with Crippen LogP contribution in [0.1, 0.15) is 42.5 Å². The summed E-state index contributed by atoms with van der Waals surface area (Å²) in [5, 5.41) is 13.5. The molecule has 0 fully saturated rings. The Morgan fingerprint density at radius 3 is 2.71 bits per heavy atom. The average Bonchev–Trinajstić information content (AvgIpc) is 2.95. The number of rotatable bonds is 6. The zero-order valence-electron chi connectivity index (χ0n) is 12.6. The molecule has 0 unspecified atom stereocenters. The Balaban J connectivity index is 2.34. The molecule has 0 saturated heterocycles.